The number of ether oxygens (including phenoxy) is 2. The minimum Gasteiger partial charge on any atom is -0.481 e. The van der Waals surface area contributed by atoms with Crippen LogP contribution in [0.5, 0.6) is 17.2 Å². The van der Waals surface area contributed by atoms with Crippen molar-refractivity contribution in [1.29, 1.82) is 0 Å². The Morgan fingerprint density at radius 3 is 2.05 bits per heavy atom. The first-order valence-corrected chi connectivity index (χ1v) is 12.6. The summed E-state index contributed by atoms with van der Waals surface area (Å²) in [6.45, 7) is 0. The molecular weight excluding hydrogens is 531 g/mol. The summed E-state index contributed by atoms with van der Waals surface area (Å²) in [4.78, 5) is 22.0. The quantitative estimate of drug-likeness (QED) is 0.194. The van der Waals surface area contributed by atoms with Crippen LogP contribution in [0.2, 0.25) is 0 Å². The van der Waals surface area contributed by atoms with Gasteiger partial charge in [0.15, 0.2) is 9.84 Å². The number of hydrogen-bond acceptors (Lipinski definition) is 7. The Morgan fingerprint density at radius 2 is 1.50 bits per heavy atom. The Kier molecular flexibility index (Phi) is 8.96. The van der Waals surface area contributed by atoms with Crippen molar-refractivity contribution in [3.63, 3.8) is 0 Å². The number of benzene rings is 3. The van der Waals surface area contributed by atoms with Crippen LogP contribution in [0.15, 0.2) is 77.7 Å². The van der Waals surface area contributed by atoms with Gasteiger partial charge in [-0.05, 0) is 66.1 Å². The zero-order valence-electron chi connectivity index (χ0n) is 19.5. The van der Waals surface area contributed by atoms with Gasteiger partial charge in [-0.1, -0.05) is 24.3 Å². The molecule has 0 aliphatic heterocycles. The molecule has 13 heteroatoms. The summed E-state index contributed by atoms with van der Waals surface area (Å²) >= 11 is 0. The Hall–Kier alpha value is -4.10. The molecule has 0 saturated heterocycles. The summed E-state index contributed by atoms with van der Waals surface area (Å²) in [5.74, 6) is -1.72. The van der Waals surface area contributed by atoms with Gasteiger partial charge in [0.05, 0.1) is 23.1 Å². The first-order chi connectivity index (χ1) is 17.8. The standard InChI is InChI=1S/C25H22F3NO8S/c26-25(27,28)37-22-6-4-20(5-7-22)36-21-8-10-23(11-9-21)38(34,35)15-19(29(33)16-30)13-17-2-1-3-18(12-17)14-24(31)32/h1-12,16,19,33H,13-15H2,(H,31,32). The summed E-state index contributed by atoms with van der Waals surface area (Å²) in [5, 5.41) is 19.2. The third-order valence-corrected chi connectivity index (χ3v) is 7.00. The molecule has 0 aromatic heterocycles. The number of carboxylic acids is 1. The minimum atomic E-state index is -4.83. The fourth-order valence-electron chi connectivity index (χ4n) is 3.54. The van der Waals surface area contributed by atoms with Crippen LogP contribution < -0.4 is 9.47 Å². The van der Waals surface area contributed by atoms with Gasteiger partial charge in [0.25, 0.3) is 0 Å². The van der Waals surface area contributed by atoms with Crippen molar-refractivity contribution in [2.24, 2.45) is 0 Å². The van der Waals surface area contributed by atoms with Gasteiger partial charge in [-0.15, -0.1) is 13.2 Å². The SMILES string of the molecule is O=CN(O)C(Cc1cccc(CC(=O)O)c1)CS(=O)(=O)c1ccc(Oc2ccc(OC(F)(F)F)cc2)cc1. The van der Waals surface area contributed by atoms with Crippen LogP contribution in [0.25, 0.3) is 0 Å². The monoisotopic (exact) mass is 553 g/mol. The van der Waals surface area contributed by atoms with Crippen molar-refractivity contribution in [2.75, 3.05) is 5.75 Å². The number of nitrogens with zero attached hydrogens (tertiary/aromatic N) is 1. The highest BCUT2D eigenvalue weighted by molar-refractivity contribution is 7.91. The van der Waals surface area contributed by atoms with E-state index in [4.69, 9.17) is 9.84 Å². The highest BCUT2D eigenvalue weighted by Gasteiger charge is 2.31. The van der Waals surface area contributed by atoms with Gasteiger partial charge in [0, 0.05) is 0 Å². The van der Waals surface area contributed by atoms with Gasteiger partial charge in [-0.25, -0.2) is 13.5 Å². The number of carboxylic acid groups (broad SMARTS) is 1. The Labute approximate surface area is 215 Å². The number of carbonyl (C=O) groups excluding carboxylic acids is 1. The van der Waals surface area contributed by atoms with Crippen molar-refractivity contribution in [3.8, 4) is 17.2 Å². The van der Waals surface area contributed by atoms with Gasteiger partial charge in [-0.2, -0.15) is 0 Å². The van der Waals surface area contributed by atoms with Crippen LogP contribution in [0, 0.1) is 0 Å². The lowest BCUT2D eigenvalue weighted by Crippen LogP contribution is -2.38. The van der Waals surface area contributed by atoms with E-state index in [1.54, 1.807) is 24.3 Å². The zero-order chi connectivity index (χ0) is 27.9. The fraction of sp³-hybridized carbons (Fsp3) is 0.200. The molecule has 3 rings (SSSR count). The molecule has 0 fully saturated rings. The predicted octanol–water partition coefficient (Wildman–Crippen LogP) is 4.24. The molecule has 0 bridgehead atoms. The van der Waals surface area contributed by atoms with Crippen LogP contribution in [0.1, 0.15) is 11.1 Å². The number of halogens is 3. The zero-order valence-corrected chi connectivity index (χ0v) is 20.4. The van der Waals surface area contributed by atoms with E-state index in [1.165, 1.54) is 36.4 Å². The molecule has 3 aromatic rings. The van der Waals surface area contributed by atoms with Crippen LogP contribution in [0.4, 0.5) is 13.2 Å². The summed E-state index contributed by atoms with van der Waals surface area (Å²) in [6.07, 6.45) is -5.04. The van der Waals surface area contributed by atoms with Crippen LogP contribution in [-0.2, 0) is 32.3 Å². The molecule has 0 aliphatic rings. The van der Waals surface area contributed by atoms with Crippen LogP contribution in [0.3, 0.4) is 0 Å². The van der Waals surface area contributed by atoms with Crippen molar-refractivity contribution in [1.82, 2.24) is 5.06 Å². The van der Waals surface area contributed by atoms with Gasteiger partial charge >= 0.3 is 12.3 Å². The van der Waals surface area contributed by atoms with Crippen molar-refractivity contribution >= 4 is 22.2 Å². The number of sulfone groups is 1. The topological polar surface area (TPSA) is 130 Å². The van der Waals surface area contributed by atoms with E-state index in [1.807, 2.05) is 0 Å². The summed E-state index contributed by atoms with van der Waals surface area (Å²) in [7, 11) is -4.01. The number of carbonyl (C=O) groups is 2. The Balaban J connectivity index is 1.70. The van der Waals surface area contributed by atoms with Crippen LogP contribution in [-0.4, -0.2) is 54.3 Å². The molecule has 1 atom stereocenters. The van der Waals surface area contributed by atoms with E-state index in [0.29, 0.717) is 11.1 Å². The van der Waals surface area contributed by atoms with Crippen molar-refractivity contribution < 1.29 is 51.0 Å². The molecule has 0 radical (unpaired) electrons. The predicted molar refractivity (Wildman–Crippen MR) is 127 cm³/mol. The van der Waals surface area contributed by atoms with E-state index < -0.39 is 39.7 Å². The molecule has 9 nitrogen and oxygen atoms in total. The molecule has 1 amide bonds. The number of amides is 1. The molecule has 0 saturated carbocycles. The Bertz CT molecular complexity index is 1360. The fourth-order valence-corrected chi connectivity index (χ4v) is 5.06. The van der Waals surface area contributed by atoms with Gasteiger partial charge < -0.3 is 14.6 Å². The lowest BCUT2D eigenvalue weighted by atomic mass is 10.0. The summed E-state index contributed by atoms with van der Waals surface area (Å²) < 4.78 is 72.2. The number of aliphatic carboxylic acids is 1. The maximum atomic E-state index is 13.0. The third-order valence-electron chi connectivity index (χ3n) is 5.19. The highest BCUT2D eigenvalue weighted by atomic mass is 32.2. The highest BCUT2D eigenvalue weighted by Crippen LogP contribution is 2.28. The molecule has 0 heterocycles. The number of alkyl halides is 3. The number of rotatable bonds is 12. The average Bonchev–Trinajstić information content (AvgIpc) is 2.83. The molecule has 0 aliphatic carbocycles. The van der Waals surface area contributed by atoms with E-state index in [-0.39, 0.29) is 40.7 Å². The lowest BCUT2D eigenvalue weighted by Gasteiger charge is -2.23. The second-order valence-corrected chi connectivity index (χ2v) is 10.1. The first kappa shape index (κ1) is 28.5. The van der Waals surface area contributed by atoms with Gasteiger partial charge in [0.2, 0.25) is 6.41 Å². The molecule has 3 aromatic carbocycles. The molecule has 2 N–H and O–H groups in total. The largest absolute Gasteiger partial charge is 0.573 e. The number of hydroxylamine groups is 2. The van der Waals surface area contributed by atoms with E-state index in [9.17, 15) is 36.4 Å². The second-order valence-electron chi connectivity index (χ2n) is 8.11. The Morgan fingerprint density at radius 1 is 0.947 bits per heavy atom. The minimum absolute atomic E-state index is 0.0584. The van der Waals surface area contributed by atoms with Crippen molar-refractivity contribution in [3.05, 3.63) is 83.9 Å². The normalized spacial score (nSPS) is 12.4. The summed E-state index contributed by atoms with van der Waals surface area (Å²) in [5.41, 5.74) is 1.01. The number of hydrogen-bond donors (Lipinski definition) is 2. The molecular formula is C25H22F3NO8S. The van der Waals surface area contributed by atoms with Crippen molar-refractivity contribution in [2.45, 2.75) is 30.1 Å². The maximum absolute atomic E-state index is 13.0. The molecule has 202 valence electrons. The van der Waals surface area contributed by atoms with Gasteiger partial charge in [-0.3, -0.25) is 14.8 Å². The smallest absolute Gasteiger partial charge is 0.481 e. The van der Waals surface area contributed by atoms with E-state index >= 15 is 0 Å². The van der Waals surface area contributed by atoms with E-state index in [2.05, 4.69) is 4.74 Å². The summed E-state index contributed by atoms with van der Waals surface area (Å²) in [6, 6.07) is 15.0. The first-order valence-electron chi connectivity index (χ1n) is 10.9. The molecule has 1 unspecified atom stereocenters. The molecule has 0 spiro atoms. The third kappa shape index (κ3) is 8.49. The second kappa shape index (κ2) is 12.0. The lowest BCUT2D eigenvalue weighted by molar-refractivity contribution is -0.274. The van der Waals surface area contributed by atoms with Gasteiger partial charge in [0.1, 0.15) is 17.2 Å². The average molecular weight is 554 g/mol. The van der Waals surface area contributed by atoms with Crippen LogP contribution >= 0.6 is 0 Å². The molecule has 38 heavy (non-hydrogen) atoms. The maximum Gasteiger partial charge on any atom is 0.573 e. The van der Waals surface area contributed by atoms with E-state index in [0.717, 1.165) is 12.1 Å².